The molecule has 6 aliphatic rings. The molecule has 6 aromatic heterocycles. The fraction of sp³-hybridized carbons (Fsp3) is 0.556. The molecule has 8 bridgehead atoms. The Balaban J connectivity index is 0.000000152. The second-order valence-electron chi connectivity index (χ2n) is 23.9. The van der Waals surface area contributed by atoms with E-state index in [-0.39, 0.29) is 37.4 Å². The van der Waals surface area contributed by atoms with E-state index in [1.165, 1.54) is 49.9 Å². The van der Waals surface area contributed by atoms with Gasteiger partial charge in [-0.15, -0.1) is 5.10 Å². The third kappa shape index (κ3) is 13.2. The van der Waals surface area contributed by atoms with Crippen LogP contribution in [0.5, 0.6) is 11.8 Å². The molecule has 2 atom stereocenters. The van der Waals surface area contributed by atoms with Crippen molar-refractivity contribution in [3.63, 3.8) is 0 Å². The van der Waals surface area contributed by atoms with Crippen molar-refractivity contribution < 1.29 is 35.9 Å². The van der Waals surface area contributed by atoms with Crippen LogP contribution in [-0.4, -0.2) is 116 Å². The van der Waals surface area contributed by atoms with Crippen LogP contribution in [0.25, 0.3) is 5.82 Å². The molecule has 3 N–H and O–H groups in total. The molecule has 6 aromatic rings. The molecule has 2 aliphatic carbocycles. The zero-order valence-corrected chi connectivity index (χ0v) is 48.1. The summed E-state index contributed by atoms with van der Waals surface area (Å²) in [6.07, 6.45) is 19.7. The second kappa shape index (κ2) is 21.8. The number of fused-ring (bicyclic) bond motifs is 12. The van der Waals surface area contributed by atoms with Gasteiger partial charge < -0.3 is 19.3 Å². The lowest BCUT2D eigenvalue weighted by Gasteiger charge is -2.34. The molecule has 10 heterocycles. The molecular weight excluding hydrogens is 1070 g/mol. The highest BCUT2D eigenvalue weighted by molar-refractivity contribution is 7.90. The summed E-state index contributed by atoms with van der Waals surface area (Å²) in [6.45, 7) is 17.2. The third-order valence-corrected chi connectivity index (χ3v) is 18.9. The average molecular weight is 1140 g/mol. The van der Waals surface area contributed by atoms with Gasteiger partial charge in [-0.25, -0.2) is 29.2 Å². The van der Waals surface area contributed by atoms with Gasteiger partial charge in [-0.2, -0.15) is 32.1 Å². The molecule has 25 heteroatoms. The molecular formula is C54H71ClN14O8S2. The highest BCUT2D eigenvalue weighted by Gasteiger charge is 2.43. The molecule has 424 valence electrons. The fourth-order valence-corrected chi connectivity index (χ4v) is 13.0. The maximum atomic E-state index is 13.4. The Morgan fingerprint density at radius 3 is 1.67 bits per heavy atom. The van der Waals surface area contributed by atoms with E-state index in [1.807, 2.05) is 6.07 Å². The van der Waals surface area contributed by atoms with Gasteiger partial charge in [0, 0.05) is 68.0 Å². The second-order valence-corrected chi connectivity index (χ2v) is 27.5. The molecule has 2 amide bonds. The number of sulfonamides is 2. The number of carbonyl (C=O) groups excluding carboxylic acids is 2. The number of aromatic amines is 1. The summed E-state index contributed by atoms with van der Waals surface area (Å²) in [6, 6.07) is 12.8. The standard InChI is InChI=1S/C27H35N7O4S.C18H22ClN5O3S.C9H14N2O/c1-26(2)17-19-5-4-13-32-14-9-23(30-32)39(36,37)31-25(35)20-6-7-21(28-24(20)33(26)18-19)34-15-8-22(29-34)38-16-12-27(3)10-11-27;1-18(2)10-12-4-3-8-23-9-7-15(21-23)28(26,27)22-17(25)13-5-6-14(19)20-16(13)24(18)11-12;1-9(3-4-9)5-7-12-8-2-6-10-11-8/h6-9,14-15,19H,4-5,10-13,16-18H2,1-3H3,(H,31,35);5-7,9,12H,3-4,8,10-11H2,1-2H3,(H,22,25);2,6H,3-5,7H2,1H3,(H,10,11). The first-order valence-corrected chi connectivity index (χ1v) is 30.6. The molecule has 0 radical (unpaired) electrons. The Kier molecular flexibility index (Phi) is 15.4. The lowest BCUT2D eigenvalue weighted by atomic mass is 9.93. The van der Waals surface area contributed by atoms with E-state index >= 15 is 0 Å². The number of anilines is 2. The summed E-state index contributed by atoms with van der Waals surface area (Å²) in [5.41, 5.74) is 0.850. The first-order valence-electron chi connectivity index (χ1n) is 27.2. The van der Waals surface area contributed by atoms with Crippen LogP contribution in [0.2, 0.25) is 5.15 Å². The summed E-state index contributed by atoms with van der Waals surface area (Å²) < 4.78 is 71.7. The Labute approximate surface area is 466 Å². The molecule has 2 unspecified atom stereocenters. The number of aryl methyl sites for hydroxylation is 2. The van der Waals surface area contributed by atoms with Crippen molar-refractivity contribution in [3.05, 3.63) is 89.6 Å². The van der Waals surface area contributed by atoms with Crippen LogP contribution in [0, 0.1) is 22.7 Å². The minimum atomic E-state index is -4.15. The quantitative estimate of drug-likeness (QED) is 0.116. The van der Waals surface area contributed by atoms with E-state index in [2.05, 4.69) is 91.3 Å². The van der Waals surface area contributed by atoms with Gasteiger partial charge in [0.25, 0.3) is 31.9 Å². The first-order chi connectivity index (χ1) is 37.5. The van der Waals surface area contributed by atoms with Gasteiger partial charge in [0.2, 0.25) is 11.8 Å². The molecule has 22 nitrogen and oxygen atoms in total. The van der Waals surface area contributed by atoms with Gasteiger partial charge >= 0.3 is 0 Å². The number of ether oxygens (including phenoxy) is 2. The number of nitrogens with one attached hydrogen (secondary N) is 3. The predicted molar refractivity (Wildman–Crippen MR) is 295 cm³/mol. The molecule has 0 spiro atoms. The number of hydrogen-bond donors (Lipinski definition) is 3. The number of hydrogen-bond acceptors (Lipinski definition) is 16. The summed E-state index contributed by atoms with van der Waals surface area (Å²) in [5, 5.41) is 19.3. The SMILES string of the molecule is CC1(C)CC2CCCn3ccc(n3)S(=O)(=O)NC(=O)c3ccc(Cl)nc3N1C2.CC1(CCOc2ccn(-c3ccc4c(n3)N3CC(CCCn5ccc(n5)S(=O)(=O)NC4=O)CC3(C)C)n2)CC1.CC1(CCOc2ccn[nH]2)CC1. The minimum Gasteiger partial charge on any atom is -0.478 e. The molecule has 12 rings (SSSR count). The maximum Gasteiger partial charge on any atom is 0.283 e. The average Bonchev–Trinajstić information content (AvgIpc) is 4.11. The molecule has 0 aromatic carbocycles. The van der Waals surface area contributed by atoms with E-state index in [9.17, 15) is 26.4 Å². The summed E-state index contributed by atoms with van der Waals surface area (Å²) >= 11 is 6.11. The lowest BCUT2D eigenvalue weighted by molar-refractivity contribution is 0.0972. The van der Waals surface area contributed by atoms with E-state index in [0.29, 0.717) is 72.2 Å². The number of aromatic nitrogens is 10. The van der Waals surface area contributed by atoms with E-state index < -0.39 is 31.9 Å². The monoisotopic (exact) mass is 1140 g/mol. The van der Waals surface area contributed by atoms with Crippen molar-refractivity contribution in [2.45, 2.75) is 153 Å². The molecule has 2 saturated carbocycles. The summed E-state index contributed by atoms with van der Waals surface area (Å²) in [4.78, 5) is 39.8. The zero-order chi connectivity index (χ0) is 56.0. The largest absolute Gasteiger partial charge is 0.478 e. The number of pyridine rings is 2. The van der Waals surface area contributed by atoms with E-state index in [1.54, 1.807) is 57.0 Å². The van der Waals surface area contributed by atoms with Gasteiger partial charge in [0.05, 0.1) is 30.5 Å². The first kappa shape index (κ1) is 55.8. The van der Waals surface area contributed by atoms with Crippen molar-refractivity contribution in [2.75, 3.05) is 36.1 Å². The normalized spacial score (nSPS) is 22.6. The molecule has 4 aliphatic heterocycles. The summed E-state index contributed by atoms with van der Waals surface area (Å²) in [7, 11) is -8.23. The lowest BCUT2D eigenvalue weighted by Crippen LogP contribution is -2.41. The molecule has 79 heavy (non-hydrogen) atoms. The van der Waals surface area contributed by atoms with Crippen molar-refractivity contribution in [3.8, 4) is 17.6 Å². The van der Waals surface area contributed by atoms with Crippen LogP contribution in [0.15, 0.2) is 83.4 Å². The number of halogens is 1. The summed E-state index contributed by atoms with van der Waals surface area (Å²) in [5.74, 6) is 2.02. The minimum absolute atomic E-state index is 0.176. The Morgan fingerprint density at radius 2 is 1.15 bits per heavy atom. The van der Waals surface area contributed by atoms with Gasteiger partial charge in [-0.1, -0.05) is 25.4 Å². The van der Waals surface area contributed by atoms with Crippen LogP contribution < -0.4 is 28.7 Å². The van der Waals surface area contributed by atoms with Gasteiger partial charge in [0.1, 0.15) is 16.8 Å². The zero-order valence-electron chi connectivity index (χ0n) is 45.7. The van der Waals surface area contributed by atoms with Crippen molar-refractivity contribution in [2.24, 2.45) is 22.7 Å². The van der Waals surface area contributed by atoms with Crippen molar-refractivity contribution in [1.29, 1.82) is 0 Å². The van der Waals surface area contributed by atoms with Crippen LogP contribution >= 0.6 is 11.6 Å². The van der Waals surface area contributed by atoms with Gasteiger partial charge in [-0.05, 0) is 164 Å². The number of H-pyrrole nitrogens is 1. The van der Waals surface area contributed by atoms with Crippen LogP contribution in [0.4, 0.5) is 11.6 Å². The van der Waals surface area contributed by atoms with Crippen molar-refractivity contribution >= 4 is 55.1 Å². The highest BCUT2D eigenvalue weighted by Crippen LogP contribution is 2.49. The number of rotatable bonds is 9. The third-order valence-electron chi connectivity index (χ3n) is 16.3. The Bertz CT molecular complexity index is 3400. The topological polar surface area (TPSA) is 259 Å². The smallest absolute Gasteiger partial charge is 0.283 e. The Hall–Kier alpha value is -6.53. The highest BCUT2D eigenvalue weighted by atomic mass is 35.5. The Morgan fingerprint density at radius 1 is 0.633 bits per heavy atom. The maximum absolute atomic E-state index is 13.4. The van der Waals surface area contributed by atoms with E-state index in [0.717, 1.165) is 70.4 Å². The van der Waals surface area contributed by atoms with Crippen LogP contribution in [0.3, 0.4) is 0 Å². The fourth-order valence-electron chi connectivity index (χ4n) is 11.0. The number of carbonyl (C=O) groups is 2. The molecule has 2 saturated heterocycles. The molecule has 4 fully saturated rings. The number of amides is 2. The van der Waals surface area contributed by atoms with Crippen LogP contribution in [-0.2, 0) is 33.1 Å². The van der Waals surface area contributed by atoms with Crippen molar-refractivity contribution in [1.82, 2.24) is 59.0 Å². The predicted octanol–water partition coefficient (Wildman–Crippen LogP) is 7.98. The van der Waals surface area contributed by atoms with Gasteiger partial charge in [0.15, 0.2) is 15.9 Å². The van der Waals surface area contributed by atoms with Gasteiger partial charge in [-0.3, -0.25) is 19.0 Å². The van der Waals surface area contributed by atoms with Crippen LogP contribution in [0.1, 0.15) is 139 Å². The van der Waals surface area contributed by atoms with E-state index in [4.69, 9.17) is 26.1 Å². The number of nitrogens with zero attached hydrogens (tertiary/aromatic N) is 11.